The van der Waals surface area contributed by atoms with E-state index in [4.69, 9.17) is 37.0 Å². The lowest BCUT2D eigenvalue weighted by molar-refractivity contribution is -0.161. The molecule has 0 aliphatic rings. The highest BCUT2D eigenvalue weighted by molar-refractivity contribution is 7.47. The minimum atomic E-state index is -4.96. The summed E-state index contributed by atoms with van der Waals surface area (Å²) in [5.41, 5.74) is 0. The van der Waals surface area contributed by atoms with Crippen LogP contribution in [0.5, 0.6) is 0 Å². The summed E-state index contributed by atoms with van der Waals surface area (Å²) in [7, 11) is -9.91. The van der Waals surface area contributed by atoms with Gasteiger partial charge in [0.05, 0.1) is 26.4 Å². The fraction of sp³-hybridized carbons (Fsp3) is 0.889. The average molecular weight is 1340 g/mol. The van der Waals surface area contributed by atoms with Crippen LogP contribution in [0.25, 0.3) is 0 Å². The number of esters is 4. The van der Waals surface area contributed by atoms with E-state index in [2.05, 4.69) is 52.0 Å². The molecule has 5 atom stereocenters. The zero-order valence-electron chi connectivity index (χ0n) is 58.3. The molecule has 17 nitrogen and oxygen atoms in total. The van der Waals surface area contributed by atoms with Crippen LogP contribution in [0.3, 0.4) is 0 Å². The predicted molar refractivity (Wildman–Crippen MR) is 368 cm³/mol. The quantitative estimate of drug-likeness (QED) is 0.0169. The maximum atomic E-state index is 13.0. The number of aliphatic hydroxyl groups excluding tert-OH is 1. The normalized spacial score (nSPS) is 14.1. The van der Waals surface area contributed by atoms with Crippen LogP contribution in [0.4, 0.5) is 0 Å². The summed E-state index contributed by atoms with van der Waals surface area (Å²) >= 11 is 0. The molecule has 19 heteroatoms. The Hall–Kier alpha value is -2.46. The van der Waals surface area contributed by atoms with Crippen molar-refractivity contribution in [1.29, 1.82) is 0 Å². The van der Waals surface area contributed by atoms with Crippen LogP contribution < -0.4 is 0 Å². The van der Waals surface area contributed by atoms with Gasteiger partial charge in [0.25, 0.3) is 0 Å². The van der Waals surface area contributed by atoms with Crippen LogP contribution in [-0.4, -0.2) is 96.7 Å². The van der Waals surface area contributed by atoms with E-state index in [0.717, 1.165) is 109 Å². The Balaban J connectivity index is 5.26. The number of hydrogen-bond acceptors (Lipinski definition) is 15. The minimum Gasteiger partial charge on any atom is -0.462 e. The average Bonchev–Trinajstić information content (AvgIpc) is 3.58. The van der Waals surface area contributed by atoms with E-state index in [0.29, 0.717) is 25.7 Å². The molecule has 0 bridgehead atoms. The van der Waals surface area contributed by atoms with E-state index in [1.807, 2.05) is 0 Å². The highest BCUT2D eigenvalue weighted by Crippen LogP contribution is 2.45. The first-order valence-electron chi connectivity index (χ1n) is 37.1. The summed E-state index contributed by atoms with van der Waals surface area (Å²) in [4.78, 5) is 72.5. The summed E-state index contributed by atoms with van der Waals surface area (Å²) < 4.78 is 68.3. The summed E-state index contributed by atoms with van der Waals surface area (Å²) in [5.74, 6) is -2.15. The van der Waals surface area contributed by atoms with Crippen molar-refractivity contribution in [1.82, 2.24) is 0 Å². The largest absolute Gasteiger partial charge is 0.472 e. The number of ether oxygens (including phenoxy) is 4. The van der Waals surface area contributed by atoms with Gasteiger partial charge in [-0.1, -0.05) is 302 Å². The summed E-state index contributed by atoms with van der Waals surface area (Å²) in [6.45, 7) is 4.88. The van der Waals surface area contributed by atoms with Crippen molar-refractivity contribution in [3.63, 3.8) is 0 Å². The monoisotopic (exact) mass is 1330 g/mol. The van der Waals surface area contributed by atoms with Crippen LogP contribution in [0.1, 0.15) is 355 Å². The Morgan fingerprint density at radius 2 is 0.527 bits per heavy atom. The Kier molecular flexibility index (Phi) is 64.4. The number of carbonyl (C=O) groups excluding carboxylic acids is 4. The zero-order chi connectivity index (χ0) is 66.8. The molecule has 0 radical (unpaired) electrons. The first kappa shape index (κ1) is 88.5. The molecule has 0 saturated carbocycles. The number of phosphoric acid groups is 2. The first-order valence-corrected chi connectivity index (χ1v) is 40.1. The highest BCUT2D eigenvalue weighted by Gasteiger charge is 2.30. The second-order valence-corrected chi connectivity index (χ2v) is 28.2. The van der Waals surface area contributed by atoms with Gasteiger partial charge >= 0.3 is 39.5 Å². The molecule has 0 aromatic rings. The lowest BCUT2D eigenvalue weighted by Gasteiger charge is -2.21. The van der Waals surface area contributed by atoms with Crippen LogP contribution >= 0.6 is 15.6 Å². The molecule has 91 heavy (non-hydrogen) atoms. The summed E-state index contributed by atoms with van der Waals surface area (Å²) in [6.07, 6.45) is 57.6. The number of allylic oxidation sites excluding steroid dienone is 4. The molecule has 3 N–H and O–H groups in total. The molecule has 0 aliphatic heterocycles. The second-order valence-electron chi connectivity index (χ2n) is 25.3. The van der Waals surface area contributed by atoms with Crippen molar-refractivity contribution in [3.05, 3.63) is 24.3 Å². The lowest BCUT2D eigenvalue weighted by atomic mass is 10.0. The number of rotatable bonds is 71. The van der Waals surface area contributed by atoms with Gasteiger partial charge in [-0.15, -0.1) is 0 Å². The van der Waals surface area contributed by atoms with E-state index < -0.39 is 97.5 Å². The maximum absolute atomic E-state index is 13.0. The first-order chi connectivity index (χ1) is 44.2. The number of hydrogen-bond donors (Lipinski definition) is 3. The van der Waals surface area contributed by atoms with E-state index in [-0.39, 0.29) is 25.7 Å². The molecular weight excluding hydrogens is 1200 g/mol. The number of phosphoric ester groups is 2. The van der Waals surface area contributed by atoms with Crippen LogP contribution in [0, 0.1) is 0 Å². The fourth-order valence-electron chi connectivity index (χ4n) is 10.5. The van der Waals surface area contributed by atoms with Gasteiger partial charge < -0.3 is 33.8 Å². The smallest absolute Gasteiger partial charge is 0.462 e. The molecule has 0 saturated heterocycles. The molecule has 0 aromatic heterocycles. The molecule has 0 aromatic carbocycles. The van der Waals surface area contributed by atoms with Crippen molar-refractivity contribution in [2.75, 3.05) is 39.6 Å². The van der Waals surface area contributed by atoms with E-state index in [1.54, 1.807) is 0 Å². The fourth-order valence-corrected chi connectivity index (χ4v) is 12.1. The molecule has 0 spiro atoms. The van der Waals surface area contributed by atoms with Gasteiger partial charge in [0.1, 0.15) is 19.3 Å². The van der Waals surface area contributed by atoms with Gasteiger partial charge in [0, 0.05) is 25.7 Å². The van der Waals surface area contributed by atoms with Crippen molar-refractivity contribution >= 4 is 39.5 Å². The molecule has 0 amide bonds. The molecular formula is C72H136O17P2. The van der Waals surface area contributed by atoms with Crippen LogP contribution in [0.15, 0.2) is 24.3 Å². The summed E-state index contributed by atoms with van der Waals surface area (Å²) in [5, 5.41) is 10.6. The third-order valence-corrected chi connectivity index (χ3v) is 18.1. The molecule has 2 unspecified atom stereocenters. The maximum Gasteiger partial charge on any atom is 0.472 e. The Bertz CT molecular complexity index is 1830. The zero-order valence-corrected chi connectivity index (χ0v) is 60.1. The van der Waals surface area contributed by atoms with Gasteiger partial charge in [0.2, 0.25) is 0 Å². The van der Waals surface area contributed by atoms with Gasteiger partial charge in [0.15, 0.2) is 12.2 Å². The van der Waals surface area contributed by atoms with Crippen molar-refractivity contribution in [2.45, 2.75) is 373 Å². The Morgan fingerprint density at radius 3 is 0.802 bits per heavy atom. The van der Waals surface area contributed by atoms with Crippen LogP contribution in [-0.2, 0) is 65.4 Å². The SMILES string of the molecule is CCCCCC/C=C\C=C/CCCCCCCC(=O)OC[C@H](COP(=O)(O)OC[C@@H](O)COP(=O)(O)OC[C@@H](COC(=O)CCCCCCCCCCCC)OC(=O)CCCCCCCCCCCC)OC(=O)CCCCCCCCCCCCCCCCCC. The van der Waals surface area contributed by atoms with Crippen LogP contribution in [0.2, 0.25) is 0 Å². The lowest BCUT2D eigenvalue weighted by Crippen LogP contribution is -2.30. The predicted octanol–water partition coefficient (Wildman–Crippen LogP) is 20.6. The third kappa shape index (κ3) is 66.0. The summed E-state index contributed by atoms with van der Waals surface area (Å²) in [6, 6.07) is 0. The molecule has 0 rings (SSSR count). The third-order valence-electron chi connectivity index (χ3n) is 16.2. The number of carbonyl (C=O) groups is 4. The van der Waals surface area contributed by atoms with E-state index >= 15 is 0 Å². The van der Waals surface area contributed by atoms with Gasteiger partial charge in [-0.25, -0.2) is 9.13 Å². The second kappa shape index (κ2) is 66.2. The standard InChI is InChI=1S/C72H136O17P2/c1-5-9-13-17-21-25-29-31-33-35-37-39-43-47-51-55-59-72(77)89-68(63-83-70(75)57-53-49-45-42-38-36-34-32-30-26-22-18-14-10-6-2)65-87-91(80,81)85-61-66(73)60-84-90(78,79)86-64-67(88-71(76)58-54-50-46-41-28-24-20-16-12-8-4)62-82-69(74)56-52-48-44-40-27-23-19-15-11-7-3/h26,30,32,34,66-68,73H,5-25,27-29,31,33,35-65H2,1-4H3,(H,78,79)(H,80,81)/b30-26-,34-32-/t66-,67+,68+/m0/s1. The topological polar surface area (TPSA) is 237 Å². The van der Waals surface area contributed by atoms with Crippen molar-refractivity contribution in [2.24, 2.45) is 0 Å². The van der Waals surface area contributed by atoms with Gasteiger partial charge in [-0.3, -0.25) is 37.3 Å². The van der Waals surface area contributed by atoms with Crippen molar-refractivity contribution in [3.8, 4) is 0 Å². The molecule has 0 aliphatic carbocycles. The molecule has 536 valence electrons. The Morgan fingerprint density at radius 1 is 0.308 bits per heavy atom. The van der Waals surface area contributed by atoms with Gasteiger partial charge in [-0.2, -0.15) is 0 Å². The Labute approximate surface area is 554 Å². The number of unbranched alkanes of at least 4 members (excludes halogenated alkanes) is 42. The van der Waals surface area contributed by atoms with E-state index in [1.165, 1.54) is 167 Å². The molecule has 0 fully saturated rings. The van der Waals surface area contributed by atoms with E-state index in [9.17, 15) is 43.2 Å². The highest BCUT2D eigenvalue weighted by atomic mass is 31.2. The number of aliphatic hydroxyl groups is 1. The molecule has 0 heterocycles. The van der Waals surface area contributed by atoms with Gasteiger partial charge in [-0.05, 0) is 51.4 Å². The minimum absolute atomic E-state index is 0.102. The van der Waals surface area contributed by atoms with Crippen molar-refractivity contribution < 1.29 is 80.2 Å².